The Morgan fingerprint density at radius 1 is 0.941 bits per heavy atom. The van der Waals surface area contributed by atoms with E-state index in [0.29, 0.717) is 32.4 Å². The van der Waals surface area contributed by atoms with Crippen LogP contribution in [0.15, 0.2) is 65.8 Å². The number of hydrogen-bond acceptors (Lipinski definition) is 6. The van der Waals surface area contributed by atoms with Crippen LogP contribution in [0, 0.1) is 6.92 Å². The third-order valence-corrected chi connectivity index (χ3v) is 5.23. The van der Waals surface area contributed by atoms with Gasteiger partial charge in [0.2, 0.25) is 0 Å². The first kappa shape index (κ1) is 24.8. The molecule has 0 atom stereocenters. The molecule has 2 N–H and O–H groups in total. The molecule has 0 spiro atoms. The van der Waals surface area contributed by atoms with E-state index < -0.39 is 17.8 Å². The van der Waals surface area contributed by atoms with Crippen molar-refractivity contribution in [1.82, 2.24) is 5.43 Å². The normalized spacial score (nSPS) is 10.6. The molecule has 0 aliphatic heterocycles. The highest BCUT2D eigenvalue weighted by Gasteiger charge is 2.15. The summed E-state index contributed by atoms with van der Waals surface area (Å²) in [5, 5.41) is 7.22. The third kappa shape index (κ3) is 6.34. The van der Waals surface area contributed by atoms with Crippen molar-refractivity contribution in [3.05, 3.63) is 87.4 Å². The number of anilines is 1. The van der Waals surface area contributed by atoms with Crippen LogP contribution in [0.1, 0.15) is 21.5 Å². The number of hydrogen-bond donors (Lipinski definition) is 2. The second-order valence-corrected chi connectivity index (χ2v) is 7.72. The first-order valence-corrected chi connectivity index (χ1v) is 10.6. The van der Waals surface area contributed by atoms with Crippen LogP contribution in [0.2, 0.25) is 10.0 Å². The molecular weight excluding hydrogens is 481 g/mol. The fraction of sp³-hybridized carbons (Fsp3) is 0.0833. The summed E-state index contributed by atoms with van der Waals surface area (Å²) in [5.41, 5.74) is 4.05. The minimum absolute atomic E-state index is 0.194. The molecule has 0 radical (unpaired) electrons. The van der Waals surface area contributed by atoms with Crippen molar-refractivity contribution in [2.24, 2.45) is 5.10 Å². The summed E-state index contributed by atoms with van der Waals surface area (Å²) in [6, 6.07) is 15.9. The molecule has 0 heterocycles. The molecular formula is C24H19Cl2N3O5. The predicted molar refractivity (Wildman–Crippen MR) is 130 cm³/mol. The van der Waals surface area contributed by atoms with Crippen molar-refractivity contribution in [2.45, 2.75) is 6.92 Å². The van der Waals surface area contributed by atoms with E-state index in [2.05, 4.69) is 15.8 Å². The number of halogens is 2. The highest BCUT2D eigenvalue weighted by molar-refractivity contribution is 6.40. The highest BCUT2D eigenvalue weighted by Crippen LogP contribution is 2.28. The average Bonchev–Trinajstić information content (AvgIpc) is 2.83. The van der Waals surface area contributed by atoms with E-state index in [1.165, 1.54) is 19.4 Å². The van der Waals surface area contributed by atoms with E-state index in [9.17, 15) is 14.4 Å². The lowest BCUT2D eigenvalue weighted by Crippen LogP contribution is -2.32. The van der Waals surface area contributed by atoms with E-state index in [1.807, 2.05) is 0 Å². The minimum Gasteiger partial charge on any atom is -0.493 e. The number of benzene rings is 3. The van der Waals surface area contributed by atoms with Gasteiger partial charge in [0.25, 0.3) is 0 Å². The monoisotopic (exact) mass is 499 g/mol. The van der Waals surface area contributed by atoms with Gasteiger partial charge in [0.05, 0.1) is 18.9 Å². The lowest BCUT2D eigenvalue weighted by molar-refractivity contribution is -0.136. The van der Waals surface area contributed by atoms with Gasteiger partial charge in [-0.1, -0.05) is 29.3 Å². The van der Waals surface area contributed by atoms with Crippen molar-refractivity contribution in [3.8, 4) is 11.5 Å². The van der Waals surface area contributed by atoms with E-state index >= 15 is 0 Å². The van der Waals surface area contributed by atoms with Gasteiger partial charge in [-0.15, -0.1) is 0 Å². The van der Waals surface area contributed by atoms with E-state index in [1.54, 1.807) is 61.5 Å². The van der Waals surface area contributed by atoms with Gasteiger partial charge < -0.3 is 14.8 Å². The van der Waals surface area contributed by atoms with Crippen LogP contribution in [0.5, 0.6) is 11.5 Å². The average molecular weight is 500 g/mol. The Hall–Kier alpha value is -3.88. The number of carbonyl (C=O) groups excluding carboxylic acids is 3. The SMILES string of the molecule is COc1cc(/C=N\NC(=O)C(=O)Nc2cccc(Cl)c2C)ccc1OC(=O)c1ccc(Cl)cc1. The lowest BCUT2D eigenvalue weighted by Gasteiger charge is -2.10. The number of amides is 2. The topological polar surface area (TPSA) is 106 Å². The zero-order valence-corrected chi connectivity index (χ0v) is 19.6. The number of esters is 1. The first-order chi connectivity index (χ1) is 16.3. The fourth-order valence-electron chi connectivity index (χ4n) is 2.73. The van der Waals surface area contributed by atoms with E-state index in [0.717, 1.165) is 0 Å². The highest BCUT2D eigenvalue weighted by atomic mass is 35.5. The van der Waals surface area contributed by atoms with Crippen molar-refractivity contribution in [3.63, 3.8) is 0 Å². The first-order valence-electron chi connectivity index (χ1n) is 9.83. The summed E-state index contributed by atoms with van der Waals surface area (Å²) in [6.45, 7) is 1.72. The Morgan fingerprint density at radius 3 is 2.38 bits per heavy atom. The Kier molecular flexibility index (Phi) is 8.24. The zero-order valence-electron chi connectivity index (χ0n) is 18.1. The summed E-state index contributed by atoms with van der Waals surface area (Å²) in [6.07, 6.45) is 1.31. The van der Waals surface area contributed by atoms with E-state index in [-0.39, 0.29) is 11.5 Å². The Bertz CT molecular complexity index is 1260. The predicted octanol–water partition coefficient (Wildman–Crippen LogP) is 4.62. The van der Waals surface area contributed by atoms with Gasteiger partial charge in [-0.2, -0.15) is 5.10 Å². The number of methoxy groups -OCH3 is 1. The summed E-state index contributed by atoms with van der Waals surface area (Å²) in [4.78, 5) is 36.4. The molecule has 10 heteroatoms. The van der Waals surface area contributed by atoms with Gasteiger partial charge in [0.1, 0.15) is 0 Å². The Balaban J connectivity index is 1.61. The van der Waals surface area contributed by atoms with Crippen molar-refractivity contribution >= 4 is 52.9 Å². The van der Waals surface area contributed by atoms with Crippen LogP contribution < -0.4 is 20.2 Å². The molecule has 0 saturated heterocycles. The Labute approximate surface area is 205 Å². The maximum atomic E-state index is 12.3. The van der Waals surface area contributed by atoms with Gasteiger partial charge in [-0.25, -0.2) is 10.2 Å². The molecule has 0 saturated carbocycles. The van der Waals surface area contributed by atoms with Crippen LogP contribution in [-0.2, 0) is 9.59 Å². The van der Waals surface area contributed by atoms with Crippen LogP contribution >= 0.6 is 23.2 Å². The number of hydrazone groups is 1. The number of rotatable bonds is 6. The van der Waals surface area contributed by atoms with Crippen molar-refractivity contribution < 1.29 is 23.9 Å². The molecule has 3 aromatic rings. The molecule has 0 fully saturated rings. The minimum atomic E-state index is -0.962. The maximum absolute atomic E-state index is 12.3. The fourth-order valence-corrected chi connectivity index (χ4v) is 3.03. The zero-order chi connectivity index (χ0) is 24.7. The quantitative estimate of drug-likeness (QED) is 0.169. The molecule has 0 aliphatic carbocycles. The van der Waals surface area contributed by atoms with Crippen LogP contribution in [-0.4, -0.2) is 31.1 Å². The molecule has 0 unspecified atom stereocenters. The molecule has 34 heavy (non-hydrogen) atoms. The second-order valence-electron chi connectivity index (χ2n) is 6.87. The number of ether oxygens (including phenoxy) is 2. The van der Waals surface area contributed by atoms with Crippen molar-refractivity contribution in [1.29, 1.82) is 0 Å². The van der Waals surface area contributed by atoms with E-state index in [4.69, 9.17) is 32.7 Å². The summed E-state index contributed by atoms with van der Waals surface area (Å²) < 4.78 is 10.7. The smallest absolute Gasteiger partial charge is 0.343 e. The number of nitrogens with one attached hydrogen (secondary N) is 2. The second kappa shape index (κ2) is 11.3. The van der Waals surface area contributed by atoms with Gasteiger partial charge in [0.15, 0.2) is 11.5 Å². The molecule has 174 valence electrons. The summed E-state index contributed by atoms with van der Waals surface area (Å²) in [5.74, 6) is -1.98. The summed E-state index contributed by atoms with van der Waals surface area (Å²) >= 11 is 11.8. The Morgan fingerprint density at radius 2 is 1.68 bits per heavy atom. The van der Waals surface area contributed by atoms with Gasteiger partial charge in [-0.05, 0) is 72.6 Å². The maximum Gasteiger partial charge on any atom is 0.343 e. The lowest BCUT2D eigenvalue weighted by atomic mass is 10.2. The molecule has 0 bridgehead atoms. The van der Waals surface area contributed by atoms with Gasteiger partial charge in [0, 0.05) is 15.7 Å². The third-order valence-electron chi connectivity index (χ3n) is 4.57. The van der Waals surface area contributed by atoms with Gasteiger partial charge in [-0.3, -0.25) is 9.59 Å². The molecule has 2 amide bonds. The standard InChI is InChI=1S/C24H19Cl2N3O5/c1-14-18(26)4-3-5-19(14)28-22(30)23(31)29-27-13-15-6-11-20(21(12-15)33-2)34-24(32)16-7-9-17(25)10-8-16/h3-13H,1-2H3,(H,28,30)(H,29,31)/b27-13-. The van der Waals surface area contributed by atoms with Crippen LogP contribution in [0.3, 0.4) is 0 Å². The van der Waals surface area contributed by atoms with Crippen LogP contribution in [0.25, 0.3) is 0 Å². The van der Waals surface area contributed by atoms with Crippen molar-refractivity contribution in [2.75, 3.05) is 12.4 Å². The molecule has 0 aromatic heterocycles. The van der Waals surface area contributed by atoms with Crippen LogP contribution in [0.4, 0.5) is 5.69 Å². The molecule has 8 nitrogen and oxygen atoms in total. The summed E-state index contributed by atoms with van der Waals surface area (Å²) in [7, 11) is 1.42. The molecule has 3 rings (SSSR count). The molecule has 0 aliphatic rings. The molecule has 3 aromatic carbocycles. The van der Waals surface area contributed by atoms with Gasteiger partial charge >= 0.3 is 17.8 Å². The number of nitrogens with zero attached hydrogens (tertiary/aromatic N) is 1. The number of carbonyl (C=O) groups is 3. The largest absolute Gasteiger partial charge is 0.493 e.